The first-order valence-electron chi connectivity index (χ1n) is 22.3. The summed E-state index contributed by atoms with van der Waals surface area (Å²) in [6.07, 6.45) is 0. The van der Waals surface area contributed by atoms with Crippen LogP contribution in [0.15, 0.2) is 236 Å². The molecule has 64 heavy (non-hydrogen) atoms. The van der Waals surface area contributed by atoms with E-state index in [9.17, 15) is 0 Å². The number of benzene rings is 12. The Hall–Kier alpha value is -8.32. The third kappa shape index (κ3) is 5.05. The first kappa shape index (κ1) is 35.3. The van der Waals surface area contributed by atoms with E-state index < -0.39 is 0 Å². The Balaban J connectivity index is 1.19. The maximum Gasteiger partial charge on any atom is -0.000137 e. The lowest BCUT2D eigenvalue weighted by atomic mass is 9.84. The molecule has 2 aliphatic carbocycles. The maximum atomic E-state index is 2.54. The fourth-order valence-corrected chi connectivity index (χ4v) is 11.3. The number of allylic oxidation sites excluding steroid dienone is 5. The van der Waals surface area contributed by atoms with Gasteiger partial charge in [0.25, 0.3) is 0 Å². The first-order valence-corrected chi connectivity index (χ1v) is 22.3. The molecule has 0 saturated carbocycles. The van der Waals surface area contributed by atoms with Crippen molar-refractivity contribution >= 4 is 103 Å². The van der Waals surface area contributed by atoms with Gasteiger partial charge in [-0.3, -0.25) is 0 Å². The lowest BCUT2D eigenvalue weighted by Gasteiger charge is -2.19. The van der Waals surface area contributed by atoms with E-state index in [1.165, 1.54) is 142 Å². The SMILES string of the molecule is c1ccc(C2=C3C(=C(c4ccccc4)c4cc5c6ccccc6c6ccccc6c5cc43)C(c3ccc4ccc5ccccc5c4c3)=C2c2ccc3ccc4ccccc4c3c2)cc1. The summed E-state index contributed by atoms with van der Waals surface area (Å²) in [5.74, 6) is 0. The summed E-state index contributed by atoms with van der Waals surface area (Å²) in [6.45, 7) is 0. The van der Waals surface area contributed by atoms with E-state index in [2.05, 4.69) is 231 Å². The molecule has 0 heteroatoms. The van der Waals surface area contributed by atoms with E-state index in [1.807, 2.05) is 0 Å². The van der Waals surface area contributed by atoms with Crippen molar-refractivity contribution in [3.63, 3.8) is 0 Å². The van der Waals surface area contributed by atoms with Crippen LogP contribution in [-0.2, 0) is 0 Å². The van der Waals surface area contributed by atoms with Gasteiger partial charge in [-0.2, -0.15) is 0 Å². The third-order valence-electron chi connectivity index (χ3n) is 14.1. The second kappa shape index (κ2) is 13.6. The molecule has 0 saturated heterocycles. The van der Waals surface area contributed by atoms with E-state index in [0.717, 1.165) is 0 Å². The van der Waals surface area contributed by atoms with Gasteiger partial charge in [0.1, 0.15) is 0 Å². The molecule has 0 radical (unpaired) electrons. The van der Waals surface area contributed by atoms with E-state index in [-0.39, 0.29) is 0 Å². The van der Waals surface area contributed by atoms with Crippen molar-refractivity contribution in [1.82, 2.24) is 0 Å². The molecular weight excluding hydrogens is 769 g/mol. The molecular formula is C64H38. The van der Waals surface area contributed by atoms with Crippen LogP contribution in [0, 0.1) is 0 Å². The molecule has 2 aliphatic rings. The Bertz CT molecular complexity index is 4090. The van der Waals surface area contributed by atoms with Crippen molar-refractivity contribution in [2.24, 2.45) is 0 Å². The lowest BCUT2D eigenvalue weighted by molar-refractivity contribution is 1.56. The molecule has 0 fully saturated rings. The van der Waals surface area contributed by atoms with Gasteiger partial charge >= 0.3 is 0 Å². The van der Waals surface area contributed by atoms with Gasteiger partial charge in [0.05, 0.1) is 0 Å². The maximum absolute atomic E-state index is 2.54. The Morgan fingerprint density at radius 3 is 0.969 bits per heavy atom. The molecule has 0 aliphatic heterocycles. The van der Waals surface area contributed by atoms with Gasteiger partial charge in [-0.1, -0.05) is 206 Å². The van der Waals surface area contributed by atoms with Gasteiger partial charge in [-0.15, -0.1) is 0 Å². The van der Waals surface area contributed by atoms with Gasteiger partial charge in [0, 0.05) is 0 Å². The number of hydrogen-bond acceptors (Lipinski definition) is 0. The van der Waals surface area contributed by atoms with E-state index >= 15 is 0 Å². The smallest absolute Gasteiger partial charge is 0.000137 e. The van der Waals surface area contributed by atoms with Crippen LogP contribution < -0.4 is 0 Å². The number of hydrogen-bond donors (Lipinski definition) is 0. The first-order chi connectivity index (χ1) is 31.8. The molecule has 14 rings (SSSR count). The van der Waals surface area contributed by atoms with E-state index in [4.69, 9.17) is 0 Å². The van der Waals surface area contributed by atoms with Crippen molar-refractivity contribution in [2.75, 3.05) is 0 Å². The summed E-state index contributed by atoms with van der Waals surface area (Å²) in [4.78, 5) is 0. The zero-order valence-electron chi connectivity index (χ0n) is 34.9. The van der Waals surface area contributed by atoms with Crippen LogP contribution in [0.5, 0.6) is 0 Å². The Labute approximate surface area is 371 Å². The van der Waals surface area contributed by atoms with Crippen molar-refractivity contribution in [1.29, 1.82) is 0 Å². The predicted molar refractivity (Wildman–Crippen MR) is 274 cm³/mol. The van der Waals surface area contributed by atoms with Gasteiger partial charge in [-0.05, 0) is 166 Å². The Kier molecular flexibility index (Phi) is 7.49. The van der Waals surface area contributed by atoms with Crippen molar-refractivity contribution in [2.45, 2.75) is 0 Å². The normalized spacial score (nSPS) is 13.8. The molecule has 12 aromatic carbocycles. The monoisotopic (exact) mass is 806 g/mol. The summed E-state index contributed by atoms with van der Waals surface area (Å²) < 4.78 is 0. The highest BCUT2D eigenvalue weighted by atomic mass is 14.4. The molecule has 294 valence electrons. The quantitative estimate of drug-likeness (QED) is 0.155. The minimum atomic E-state index is 1.22. The number of rotatable bonds is 4. The molecule has 12 aromatic rings. The topological polar surface area (TPSA) is 0 Å². The van der Waals surface area contributed by atoms with E-state index in [1.54, 1.807) is 0 Å². The van der Waals surface area contributed by atoms with Crippen molar-refractivity contribution in [3.05, 3.63) is 269 Å². The molecule has 0 nitrogen and oxygen atoms in total. The molecule has 0 unspecified atom stereocenters. The fraction of sp³-hybridized carbons (Fsp3) is 0. The molecule has 0 amide bonds. The zero-order chi connectivity index (χ0) is 41.9. The molecule has 0 N–H and O–H groups in total. The fourth-order valence-electron chi connectivity index (χ4n) is 11.3. The summed E-state index contributed by atoms with van der Waals surface area (Å²) in [7, 11) is 0. The van der Waals surface area contributed by atoms with Gasteiger partial charge in [0.2, 0.25) is 0 Å². The summed E-state index contributed by atoms with van der Waals surface area (Å²) in [6, 6.07) is 86.4. The van der Waals surface area contributed by atoms with Crippen LogP contribution in [0.2, 0.25) is 0 Å². The second-order valence-electron chi connectivity index (χ2n) is 17.5. The summed E-state index contributed by atoms with van der Waals surface area (Å²) in [5, 5.41) is 17.8. The van der Waals surface area contributed by atoms with Crippen LogP contribution in [0.25, 0.3) is 103 Å². The largest absolute Gasteiger partial charge is 0.0622 e. The van der Waals surface area contributed by atoms with E-state index in [0.29, 0.717) is 0 Å². The average Bonchev–Trinajstić information content (AvgIpc) is 3.88. The minimum Gasteiger partial charge on any atom is -0.0622 e. The van der Waals surface area contributed by atoms with Crippen LogP contribution in [0.3, 0.4) is 0 Å². The number of fused-ring (bicyclic) bond motifs is 15. The van der Waals surface area contributed by atoms with Gasteiger partial charge in [-0.25, -0.2) is 0 Å². The summed E-state index contributed by atoms with van der Waals surface area (Å²) >= 11 is 0. The van der Waals surface area contributed by atoms with Gasteiger partial charge in [0.15, 0.2) is 0 Å². The zero-order valence-corrected chi connectivity index (χ0v) is 34.9. The second-order valence-corrected chi connectivity index (χ2v) is 17.5. The van der Waals surface area contributed by atoms with Crippen molar-refractivity contribution in [3.8, 4) is 0 Å². The van der Waals surface area contributed by atoms with Crippen LogP contribution >= 0.6 is 0 Å². The van der Waals surface area contributed by atoms with Crippen LogP contribution in [-0.4, -0.2) is 0 Å². The summed E-state index contributed by atoms with van der Waals surface area (Å²) in [5.41, 5.74) is 15.2. The Morgan fingerprint density at radius 2 is 0.484 bits per heavy atom. The molecule has 0 atom stereocenters. The average molecular weight is 807 g/mol. The minimum absolute atomic E-state index is 1.22. The lowest BCUT2D eigenvalue weighted by Crippen LogP contribution is -1.96. The highest BCUT2D eigenvalue weighted by molar-refractivity contribution is 6.40. The van der Waals surface area contributed by atoms with Crippen molar-refractivity contribution < 1.29 is 0 Å². The van der Waals surface area contributed by atoms with Crippen LogP contribution in [0.4, 0.5) is 0 Å². The third-order valence-corrected chi connectivity index (χ3v) is 14.1. The highest BCUT2D eigenvalue weighted by Gasteiger charge is 2.40. The van der Waals surface area contributed by atoms with Crippen LogP contribution in [0.1, 0.15) is 33.4 Å². The molecule has 0 heterocycles. The molecule has 0 aromatic heterocycles. The highest BCUT2D eigenvalue weighted by Crippen LogP contribution is 2.62. The standard InChI is InChI=1S/C64H38/c1-3-17-43(18-4-1)59-57-37-55-51-25-13-11-23-49(51)50-24-12-14-26-52(50)56(55)38-58(57)63-60(44-19-5-2-6-20-44)61(45-33-31-41-29-27-39-15-7-9-21-47(39)53(41)35-45)62(64(59)63)46-34-32-42-30-28-40-16-8-10-22-48(40)54(42)36-46/h1-38H. The predicted octanol–water partition coefficient (Wildman–Crippen LogP) is 17.1. The Morgan fingerprint density at radius 1 is 0.156 bits per heavy atom. The molecule has 0 spiro atoms. The molecule has 0 bridgehead atoms. The van der Waals surface area contributed by atoms with Gasteiger partial charge < -0.3 is 0 Å².